The number of pyridine rings is 1. The van der Waals surface area contributed by atoms with Gasteiger partial charge in [0.15, 0.2) is 5.82 Å². The summed E-state index contributed by atoms with van der Waals surface area (Å²) in [4.78, 5) is 14.5. The molecule has 29 heavy (non-hydrogen) atoms. The fourth-order valence-corrected chi connectivity index (χ4v) is 4.11. The molecule has 2 heterocycles. The van der Waals surface area contributed by atoms with Gasteiger partial charge in [-0.15, -0.1) is 0 Å². The largest absolute Gasteiger partial charge is 0.253 e. The van der Waals surface area contributed by atoms with Crippen LogP contribution in [0.1, 0.15) is 49.6 Å². The summed E-state index contributed by atoms with van der Waals surface area (Å²) < 4.78 is 0. The Labute approximate surface area is 172 Å². The van der Waals surface area contributed by atoms with Gasteiger partial charge in [0, 0.05) is 27.9 Å². The minimum atomic E-state index is 0.538. The summed E-state index contributed by atoms with van der Waals surface area (Å²) in [5.41, 5.74) is 7.55. The third kappa shape index (κ3) is 3.77. The van der Waals surface area contributed by atoms with Gasteiger partial charge in [-0.25, -0.2) is 9.97 Å². The lowest BCUT2D eigenvalue weighted by Gasteiger charge is -2.18. The van der Waals surface area contributed by atoms with E-state index in [4.69, 9.17) is 15.0 Å². The lowest BCUT2D eigenvalue weighted by molar-refractivity contribution is 0.643. The van der Waals surface area contributed by atoms with Crippen LogP contribution in [0.3, 0.4) is 0 Å². The molecule has 3 nitrogen and oxygen atoms in total. The van der Waals surface area contributed by atoms with Gasteiger partial charge in [-0.3, -0.25) is 4.98 Å². The molecule has 0 fully saturated rings. The van der Waals surface area contributed by atoms with E-state index in [2.05, 4.69) is 56.3 Å². The van der Waals surface area contributed by atoms with Crippen molar-refractivity contribution in [2.75, 3.05) is 0 Å². The molecule has 2 aromatic heterocycles. The standard InChI is InChI=1S/C26H27N3/c1-5-19(6-2)22-12-7-8-13-23(22)25-16-20(15-17(3)27-25)26-28-18(4)21-11-9-10-14-24(21)29-26/h7-16,19H,5-6H2,1-4H3. The lowest BCUT2D eigenvalue weighted by Crippen LogP contribution is -2.01. The van der Waals surface area contributed by atoms with Gasteiger partial charge in [-0.05, 0) is 56.4 Å². The molecule has 0 unspecified atom stereocenters. The van der Waals surface area contributed by atoms with Crippen molar-refractivity contribution in [2.45, 2.75) is 46.5 Å². The first kappa shape index (κ1) is 19.3. The quantitative estimate of drug-likeness (QED) is 0.378. The van der Waals surface area contributed by atoms with Crippen molar-refractivity contribution in [2.24, 2.45) is 0 Å². The normalized spacial score (nSPS) is 11.3. The maximum Gasteiger partial charge on any atom is 0.160 e. The maximum atomic E-state index is 4.87. The molecule has 0 aliphatic heterocycles. The van der Waals surface area contributed by atoms with Crippen LogP contribution in [0.25, 0.3) is 33.5 Å². The summed E-state index contributed by atoms with van der Waals surface area (Å²) >= 11 is 0. The fraction of sp³-hybridized carbons (Fsp3) is 0.269. The van der Waals surface area contributed by atoms with E-state index in [1.165, 1.54) is 11.1 Å². The highest BCUT2D eigenvalue weighted by atomic mass is 14.9. The summed E-state index contributed by atoms with van der Waals surface area (Å²) in [6, 6.07) is 21.0. The van der Waals surface area contributed by atoms with Gasteiger partial charge in [-0.2, -0.15) is 0 Å². The van der Waals surface area contributed by atoms with Gasteiger partial charge in [0.05, 0.1) is 11.2 Å². The van der Waals surface area contributed by atoms with Crippen molar-refractivity contribution < 1.29 is 0 Å². The number of nitrogens with zero attached hydrogens (tertiary/aromatic N) is 3. The van der Waals surface area contributed by atoms with E-state index in [0.717, 1.165) is 52.2 Å². The molecule has 0 spiro atoms. The van der Waals surface area contributed by atoms with Gasteiger partial charge in [0.1, 0.15) is 0 Å². The predicted molar refractivity (Wildman–Crippen MR) is 121 cm³/mol. The Balaban J connectivity index is 1.87. The van der Waals surface area contributed by atoms with Crippen LogP contribution in [0.5, 0.6) is 0 Å². The Morgan fingerprint density at radius 2 is 1.52 bits per heavy atom. The smallest absolute Gasteiger partial charge is 0.160 e. The number of hydrogen-bond acceptors (Lipinski definition) is 3. The van der Waals surface area contributed by atoms with Gasteiger partial charge >= 0.3 is 0 Å². The number of para-hydroxylation sites is 1. The second-order valence-corrected chi connectivity index (χ2v) is 7.63. The fourth-order valence-electron chi connectivity index (χ4n) is 4.11. The summed E-state index contributed by atoms with van der Waals surface area (Å²) in [5, 5.41) is 1.10. The van der Waals surface area contributed by atoms with Crippen molar-refractivity contribution in [3.63, 3.8) is 0 Å². The Bertz CT molecular complexity index is 1160. The van der Waals surface area contributed by atoms with Crippen molar-refractivity contribution in [3.05, 3.63) is 77.6 Å². The Hall–Kier alpha value is -3.07. The van der Waals surface area contributed by atoms with E-state index in [1.807, 2.05) is 32.0 Å². The second-order valence-electron chi connectivity index (χ2n) is 7.63. The first-order chi connectivity index (χ1) is 14.1. The molecule has 0 amide bonds. The van der Waals surface area contributed by atoms with Crippen LogP contribution in [0.15, 0.2) is 60.7 Å². The van der Waals surface area contributed by atoms with E-state index >= 15 is 0 Å². The molecule has 4 aromatic rings. The molecule has 2 aromatic carbocycles. The van der Waals surface area contributed by atoms with Crippen LogP contribution in [-0.4, -0.2) is 15.0 Å². The monoisotopic (exact) mass is 381 g/mol. The summed E-state index contributed by atoms with van der Waals surface area (Å²) in [6.45, 7) is 8.60. The molecule has 0 aliphatic rings. The molecule has 0 saturated heterocycles. The average molecular weight is 382 g/mol. The summed E-state index contributed by atoms with van der Waals surface area (Å²) in [5.74, 6) is 1.30. The van der Waals surface area contributed by atoms with Crippen LogP contribution in [0, 0.1) is 13.8 Å². The average Bonchev–Trinajstić information content (AvgIpc) is 2.74. The minimum Gasteiger partial charge on any atom is -0.253 e. The van der Waals surface area contributed by atoms with Crippen LogP contribution in [0.2, 0.25) is 0 Å². The highest BCUT2D eigenvalue weighted by Crippen LogP contribution is 2.34. The molecule has 0 saturated carbocycles. The molecule has 146 valence electrons. The van der Waals surface area contributed by atoms with Crippen LogP contribution in [-0.2, 0) is 0 Å². The molecule has 0 aliphatic carbocycles. The topological polar surface area (TPSA) is 38.7 Å². The molecule has 0 radical (unpaired) electrons. The number of rotatable bonds is 5. The van der Waals surface area contributed by atoms with Gasteiger partial charge in [0.25, 0.3) is 0 Å². The zero-order chi connectivity index (χ0) is 20.4. The van der Waals surface area contributed by atoms with Crippen LogP contribution >= 0.6 is 0 Å². The molecular formula is C26H27N3. The van der Waals surface area contributed by atoms with Gasteiger partial charge < -0.3 is 0 Å². The van der Waals surface area contributed by atoms with E-state index in [-0.39, 0.29) is 0 Å². The highest BCUT2D eigenvalue weighted by molar-refractivity contribution is 5.83. The minimum absolute atomic E-state index is 0.538. The molecule has 3 heteroatoms. The van der Waals surface area contributed by atoms with Crippen LogP contribution < -0.4 is 0 Å². The SMILES string of the molecule is CCC(CC)c1ccccc1-c1cc(-c2nc(C)c3ccccc3n2)cc(C)n1. The van der Waals surface area contributed by atoms with Gasteiger partial charge in [0.2, 0.25) is 0 Å². The Morgan fingerprint density at radius 3 is 2.31 bits per heavy atom. The van der Waals surface area contributed by atoms with E-state index in [1.54, 1.807) is 0 Å². The third-order valence-electron chi connectivity index (χ3n) is 5.67. The second kappa shape index (κ2) is 8.12. The molecule has 0 N–H and O–H groups in total. The number of aromatic nitrogens is 3. The van der Waals surface area contributed by atoms with E-state index < -0.39 is 0 Å². The highest BCUT2D eigenvalue weighted by Gasteiger charge is 2.16. The predicted octanol–water partition coefficient (Wildman–Crippen LogP) is 6.88. The number of benzene rings is 2. The van der Waals surface area contributed by atoms with Crippen molar-refractivity contribution in [1.82, 2.24) is 15.0 Å². The third-order valence-corrected chi connectivity index (χ3v) is 5.67. The number of fused-ring (bicyclic) bond motifs is 1. The molecular weight excluding hydrogens is 354 g/mol. The zero-order valence-electron chi connectivity index (χ0n) is 17.6. The molecule has 4 rings (SSSR count). The number of hydrogen-bond donors (Lipinski definition) is 0. The van der Waals surface area contributed by atoms with Gasteiger partial charge in [-0.1, -0.05) is 56.3 Å². The first-order valence-corrected chi connectivity index (χ1v) is 10.4. The van der Waals surface area contributed by atoms with E-state index in [9.17, 15) is 0 Å². The van der Waals surface area contributed by atoms with E-state index in [0.29, 0.717) is 5.92 Å². The number of aryl methyl sites for hydroxylation is 2. The molecule has 0 bridgehead atoms. The van der Waals surface area contributed by atoms with Crippen molar-refractivity contribution in [3.8, 4) is 22.6 Å². The zero-order valence-corrected chi connectivity index (χ0v) is 17.6. The Kier molecular flexibility index (Phi) is 5.39. The lowest BCUT2D eigenvalue weighted by atomic mass is 9.88. The van der Waals surface area contributed by atoms with Crippen molar-refractivity contribution in [1.29, 1.82) is 0 Å². The van der Waals surface area contributed by atoms with Crippen molar-refractivity contribution >= 4 is 10.9 Å². The summed E-state index contributed by atoms with van der Waals surface area (Å²) in [7, 11) is 0. The van der Waals surface area contributed by atoms with Crippen LogP contribution in [0.4, 0.5) is 0 Å². The molecule has 0 atom stereocenters. The summed E-state index contributed by atoms with van der Waals surface area (Å²) in [6.07, 6.45) is 2.25. The Morgan fingerprint density at radius 1 is 0.793 bits per heavy atom. The maximum absolute atomic E-state index is 4.87. The first-order valence-electron chi connectivity index (χ1n) is 10.4.